The number of aromatic nitrogens is 2. The zero-order chi connectivity index (χ0) is 8.81. The van der Waals surface area contributed by atoms with Crippen LogP contribution in [-0.2, 0) is 0 Å². The molecule has 0 amide bonds. The SMILES string of the molecule is CCCCOc1ncc(N)cn1. The second-order valence-corrected chi connectivity index (χ2v) is 2.50. The Balaban J connectivity index is 2.37. The topological polar surface area (TPSA) is 61.0 Å². The Bertz CT molecular complexity index is 222. The molecule has 12 heavy (non-hydrogen) atoms. The normalized spacial score (nSPS) is 9.75. The molecule has 1 heterocycles. The predicted octanol–water partition coefficient (Wildman–Crippen LogP) is 1.24. The van der Waals surface area contributed by atoms with Gasteiger partial charge in [0.25, 0.3) is 0 Å². The molecule has 0 saturated heterocycles. The monoisotopic (exact) mass is 167 g/mol. The molecule has 0 atom stereocenters. The van der Waals surface area contributed by atoms with Gasteiger partial charge in [-0.2, -0.15) is 0 Å². The summed E-state index contributed by atoms with van der Waals surface area (Å²) < 4.78 is 5.22. The van der Waals surface area contributed by atoms with Gasteiger partial charge in [0, 0.05) is 0 Å². The quantitative estimate of drug-likeness (QED) is 0.685. The van der Waals surface area contributed by atoms with Crippen molar-refractivity contribution in [3.05, 3.63) is 12.4 Å². The van der Waals surface area contributed by atoms with Crippen molar-refractivity contribution in [2.45, 2.75) is 19.8 Å². The third-order valence-electron chi connectivity index (χ3n) is 1.38. The zero-order valence-corrected chi connectivity index (χ0v) is 7.16. The Morgan fingerprint density at radius 2 is 2.08 bits per heavy atom. The van der Waals surface area contributed by atoms with Gasteiger partial charge in [-0.3, -0.25) is 0 Å². The van der Waals surface area contributed by atoms with Crippen molar-refractivity contribution in [2.75, 3.05) is 12.3 Å². The lowest BCUT2D eigenvalue weighted by atomic mass is 10.4. The summed E-state index contributed by atoms with van der Waals surface area (Å²) in [6.45, 7) is 2.77. The summed E-state index contributed by atoms with van der Waals surface area (Å²) in [6.07, 6.45) is 5.20. The maximum atomic E-state index is 5.40. The van der Waals surface area contributed by atoms with Crippen molar-refractivity contribution in [2.24, 2.45) is 0 Å². The number of hydrogen-bond donors (Lipinski definition) is 1. The summed E-state index contributed by atoms with van der Waals surface area (Å²) in [7, 11) is 0. The third kappa shape index (κ3) is 2.74. The standard InChI is InChI=1S/C8H13N3O/c1-2-3-4-12-8-10-5-7(9)6-11-8/h5-6H,2-4,9H2,1H3. The summed E-state index contributed by atoms with van der Waals surface area (Å²) in [4.78, 5) is 7.78. The van der Waals surface area contributed by atoms with Crippen molar-refractivity contribution < 1.29 is 4.74 Å². The molecule has 1 aromatic heterocycles. The highest BCUT2D eigenvalue weighted by molar-refractivity contribution is 5.30. The highest BCUT2D eigenvalue weighted by atomic mass is 16.5. The maximum absolute atomic E-state index is 5.40. The van der Waals surface area contributed by atoms with Gasteiger partial charge in [0.15, 0.2) is 0 Å². The Hall–Kier alpha value is -1.32. The van der Waals surface area contributed by atoms with E-state index in [0.29, 0.717) is 18.3 Å². The lowest BCUT2D eigenvalue weighted by Gasteiger charge is -2.01. The van der Waals surface area contributed by atoms with E-state index in [4.69, 9.17) is 10.5 Å². The second kappa shape index (κ2) is 4.54. The molecular formula is C8H13N3O. The first-order chi connectivity index (χ1) is 5.83. The molecule has 0 saturated carbocycles. The number of hydrogen-bond acceptors (Lipinski definition) is 4. The average Bonchev–Trinajstić information content (AvgIpc) is 2.09. The van der Waals surface area contributed by atoms with Gasteiger partial charge >= 0.3 is 6.01 Å². The van der Waals surface area contributed by atoms with Crippen LogP contribution in [0.2, 0.25) is 0 Å². The smallest absolute Gasteiger partial charge is 0.316 e. The van der Waals surface area contributed by atoms with E-state index in [9.17, 15) is 0 Å². The van der Waals surface area contributed by atoms with Crippen LogP contribution in [0.4, 0.5) is 5.69 Å². The van der Waals surface area contributed by atoms with E-state index in [-0.39, 0.29) is 0 Å². The van der Waals surface area contributed by atoms with Gasteiger partial charge in [-0.05, 0) is 6.42 Å². The average molecular weight is 167 g/mol. The minimum atomic E-state index is 0.401. The largest absolute Gasteiger partial charge is 0.463 e. The van der Waals surface area contributed by atoms with Crippen molar-refractivity contribution in [1.82, 2.24) is 9.97 Å². The molecule has 2 N–H and O–H groups in total. The Kier molecular flexibility index (Phi) is 3.32. The fourth-order valence-corrected chi connectivity index (χ4v) is 0.709. The van der Waals surface area contributed by atoms with E-state index in [1.54, 1.807) is 0 Å². The van der Waals surface area contributed by atoms with Crippen LogP contribution < -0.4 is 10.5 Å². The fraction of sp³-hybridized carbons (Fsp3) is 0.500. The molecule has 0 bridgehead atoms. The van der Waals surface area contributed by atoms with Gasteiger partial charge in [-0.15, -0.1) is 0 Å². The maximum Gasteiger partial charge on any atom is 0.316 e. The van der Waals surface area contributed by atoms with Gasteiger partial charge in [-0.25, -0.2) is 9.97 Å². The van der Waals surface area contributed by atoms with Gasteiger partial charge in [0.05, 0.1) is 24.7 Å². The molecule has 4 heteroatoms. The molecule has 0 aromatic carbocycles. The first-order valence-electron chi connectivity index (χ1n) is 4.03. The van der Waals surface area contributed by atoms with Crippen LogP contribution in [0.5, 0.6) is 6.01 Å². The highest BCUT2D eigenvalue weighted by Crippen LogP contribution is 2.03. The van der Waals surface area contributed by atoms with Crippen molar-refractivity contribution in [3.63, 3.8) is 0 Å². The third-order valence-corrected chi connectivity index (χ3v) is 1.38. The van der Waals surface area contributed by atoms with Crippen molar-refractivity contribution >= 4 is 5.69 Å². The molecule has 1 aromatic rings. The first kappa shape index (κ1) is 8.77. The van der Waals surface area contributed by atoms with E-state index in [0.717, 1.165) is 12.8 Å². The van der Waals surface area contributed by atoms with E-state index in [2.05, 4.69) is 16.9 Å². The zero-order valence-electron chi connectivity index (χ0n) is 7.16. The number of nitrogen functional groups attached to an aromatic ring is 1. The van der Waals surface area contributed by atoms with Crippen LogP contribution in [0.1, 0.15) is 19.8 Å². The van der Waals surface area contributed by atoms with Crippen LogP contribution in [0.15, 0.2) is 12.4 Å². The van der Waals surface area contributed by atoms with Crippen molar-refractivity contribution in [1.29, 1.82) is 0 Å². The van der Waals surface area contributed by atoms with Crippen LogP contribution in [0, 0.1) is 0 Å². The number of anilines is 1. The lowest BCUT2D eigenvalue weighted by Crippen LogP contribution is -2.00. The molecule has 0 aliphatic carbocycles. The Morgan fingerprint density at radius 1 is 1.42 bits per heavy atom. The Morgan fingerprint density at radius 3 is 2.67 bits per heavy atom. The minimum Gasteiger partial charge on any atom is -0.463 e. The summed E-state index contributed by atoms with van der Waals surface area (Å²) in [5, 5.41) is 0. The number of nitrogens with zero attached hydrogens (tertiary/aromatic N) is 2. The molecule has 0 spiro atoms. The van der Waals surface area contributed by atoms with Crippen LogP contribution in [0.25, 0.3) is 0 Å². The molecule has 0 fully saturated rings. The molecule has 0 aliphatic rings. The number of unbranched alkanes of at least 4 members (excludes halogenated alkanes) is 1. The highest BCUT2D eigenvalue weighted by Gasteiger charge is 1.94. The van der Waals surface area contributed by atoms with Gasteiger partial charge in [-0.1, -0.05) is 13.3 Å². The molecule has 4 nitrogen and oxygen atoms in total. The van der Waals surface area contributed by atoms with Crippen LogP contribution in [-0.4, -0.2) is 16.6 Å². The molecular weight excluding hydrogens is 154 g/mol. The van der Waals surface area contributed by atoms with Gasteiger partial charge in [0.2, 0.25) is 0 Å². The van der Waals surface area contributed by atoms with E-state index >= 15 is 0 Å². The van der Waals surface area contributed by atoms with E-state index in [1.807, 2.05) is 0 Å². The summed E-state index contributed by atoms with van der Waals surface area (Å²) in [5.41, 5.74) is 5.95. The number of rotatable bonds is 4. The van der Waals surface area contributed by atoms with Gasteiger partial charge in [0.1, 0.15) is 0 Å². The second-order valence-electron chi connectivity index (χ2n) is 2.50. The van der Waals surface area contributed by atoms with Crippen molar-refractivity contribution in [3.8, 4) is 6.01 Å². The molecule has 0 aliphatic heterocycles. The minimum absolute atomic E-state index is 0.401. The lowest BCUT2D eigenvalue weighted by molar-refractivity contribution is 0.285. The summed E-state index contributed by atoms with van der Waals surface area (Å²) in [6, 6.07) is 0.401. The fourth-order valence-electron chi connectivity index (χ4n) is 0.709. The first-order valence-corrected chi connectivity index (χ1v) is 4.03. The van der Waals surface area contributed by atoms with E-state index in [1.165, 1.54) is 12.4 Å². The number of nitrogens with two attached hydrogens (primary N) is 1. The van der Waals surface area contributed by atoms with Crippen LogP contribution in [0.3, 0.4) is 0 Å². The summed E-state index contributed by atoms with van der Waals surface area (Å²) in [5.74, 6) is 0. The number of ether oxygens (including phenoxy) is 1. The van der Waals surface area contributed by atoms with Crippen LogP contribution >= 0.6 is 0 Å². The molecule has 0 radical (unpaired) electrons. The Labute approximate surface area is 71.8 Å². The predicted molar refractivity (Wildman–Crippen MR) is 46.8 cm³/mol. The summed E-state index contributed by atoms with van der Waals surface area (Å²) >= 11 is 0. The van der Waals surface area contributed by atoms with Gasteiger partial charge < -0.3 is 10.5 Å². The molecule has 0 unspecified atom stereocenters. The molecule has 1 rings (SSSR count). The molecule has 66 valence electrons. The van der Waals surface area contributed by atoms with E-state index < -0.39 is 0 Å².